The third kappa shape index (κ3) is 2.97. The third-order valence-electron chi connectivity index (χ3n) is 5.32. The van der Waals surface area contributed by atoms with Crippen LogP contribution in [-0.4, -0.2) is 43.0 Å². The Morgan fingerprint density at radius 2 is 1.73 bits per heavy atom. The van der Waals surface area contributed by atoms with Crippen LogP contribution in [0.25, 0.3) is 11.1 Å². The van der Waals surface area contributed by atoms with Crippen molar-refractivity contribution in [1.82, 2.24) is 10.2 Å². The first-order valence-electron chi connectivity index (χ1n) is 9.24. The minimum Gasteiger partial charge on any atom is -0.369 e. The summed E-state index contributed by atoms with van der Waals surface area (Å²) >= 11 is 0. The maximum absolute atomic E-state index is 14.6. The van der Waals surface area contributed by atoms with Crippen molar-refractivity contribution in [1.29, 1.82) is 0 Å². The zero-order valence-corrected chi connectivity index (χ0v) is 15.3. The molecule has 0 radical (unpaired) electrons. The van der Waals surface area contributed by atoms with E-state index in [4.69, 9.17) is 0 Å². The molecule has 26 heavy (non-hydrogen) atoms. The molecule has 2 aliphatic heterocycles. The molecule has 0 atom stereocenters. The molecule has 4 rings (SSSR count). The Labute approximate surface area is 153 Å². The minimum absolute atomic E-state index is 0.0658. The molecule has 1 saturated heterocycles. The molecule has 136 valence electrons. The molecule has 2 heterocycles. The Morgan fingerprint density at radius 3 is 2.38 bits per heavy atom. The van der Waals surface area contributed by atoms with E-state index in [9.17, 15) is 9.18 Å². The lowest BCUT2D eigenvalue weighted by Crippen LogP contribution is -2.43. The van der Waals surface area contributed by atoms with Gasteiger partial charge in [-0.15, -0.1) is 0 Å². The number of hydrogen-bond acceptors (Lipinski definition) is 3. The van der Waals surface area contributed by atoms with Crippen LogP contribution >= 0.6 is 0 Å². The smallest absolute Gasteiger partial charge is 0.254 e. The number of carbonyl (C=O) groups is 1. The summed E-state index contributed by atoms with van der Waals surface area (Å²) < 4.78 is 14.6. The number of nitrogens with zero attached hydrogens (tertiary/aromatic N) is 2. The molecule has 2 aliphatic rings. The Balaban J connectivity index is 1.63. The molecule has 1 N–H and O–H groups in total. The first kappa shape index (κ1) is 17.0. The van der Waals surface area contributed by atoms with Crippen molar-refractivity contribution in [3.8, 4) is 11.1 Å². The van der Waals surface area contributed by atoms with E-state index >= 15 is 0 Å². The fourth-order valence-electron chi connectivity index (χ4n) is 3.76. The van der Waals surface area contributed by atoms with Gasteiger partial charge in [-0.25, -0.2) is 4.39 Å². The van der Waals surface area contributed by atoms with Gasteiger partial charge in [-0.2, -0.15) is 0 Å². The van der Waals surface area contributed by atoms with Gasteiger partial charge >= 0.3 is 0 Å². The summed E-state index contributed by atoms with van der Waals surface area (Å²) in [4.78, 5) is 16.6. The van der Waals surface area contributed by atoms with Crippen molar-refractivity contribution >= 4 is 11.6 Å². The van der Waals surface area contributed by atoms with E-state index in [0.29, 0.717) is 17.7 Å². The van der Waals surface area contributed by atoms with Gasteiger partial charge in [-0.3, -0.25) is 4.79 Å². The van der Waals surface area contributed by atoms with Crippen LogP contribution in [0.4, 0.5) is 10.1 Å². The van der Waals surface area contributed by atoms with Crippen LogP contribution in [0.3, 0.4) is 0 Å². The van der Waals surface area contributed by atoms with E-state index in [1.807, 2.05) is 32.0 Å². The number of piperazine rings is 1. The molecule has 0 aromatic heterocycles. The van der Waals surface area contributed by atoms with Crippen LogP contribution in [0.2, 0.25) is 0 Å². The molecule has 5 heteroatoms. The summed E-state index contributed by atoms with van der Waals surface area (Å²) in [5.41, 5.74) is 3.89. The Morgan fingerprint density at radius 1 is 1.04 bits per heavy atom. The lowest BCUT2D eigenvalue weighted by molar-refractivity contribution is 0.0730. The number of rotatable bonds is 3. The number of halogens is 1. The molecular formula is C21H24FN3O. The van der Waals surface area contributed by atoms with E-state index < -0.39 is 0 Å². The lowest BCUT2D eigenvalue weighted by Gasteiger charge is -2.29. The SMILES string of the molecule is CC(C)N1Cc2c(F)cc(-c3ccc(N4CCNCC4)cc3)cc2C1=O. The predicted molar refractivity (Wildman–Crippen MR) is 102 cm³/mol. The number of hydrogen-bond donors (Lipinski definition) is 1. The van der Waals surface area contributed by atoms with E-state index in [-0.39, 0.29) is 17.8 Å². The van der Waals surface area contributed by atoms with Gasteiger partial charge in [0.15, 0.2) is 0 Å². The van der Waals surface area contributed by atoms with E-state index in [2.05, 4.69) is 22.3 Å². The van der Waals surface area contributed by atoms with Crippen molar-refractivity contribution in [3.63, 3.8) is 0 Å². The normalized spacial score (nSPS) is 17.2. The van der Waals surface area contributed by atoms with Gasteiger partial charge in [0.05, 0.1) is 0 Å². The molecule has 1 fully saturated rings. The van der Waals surface area contributed by atoms with Gasteiger partial charge in [-0.1, -0.05) is 12.1 Å². The van der Waals surface area contributed by atoms with Gasteiger partial charge in [0.25, 0.3) is 5.91 Å². The van der Waals surface area contributed by atoms with Crippen LogP contribution < -0.4 is 10.2 Å². The van der Waals surface area contributed by atoms with Crippen molar-refractivity contribution in [2.75, 3.05) is 31.1 Å². The number of carbonyl (C=O) groups excluding carboxylic acids is 1. The highest BCUT2D eigenvalue weighted by Crippen LogP contribution is 2.32. The van der Waals surface area contributed by atoms with Crippen molar-refractivity contribution < 1.29 is 9.18 Å². The summed E-state index contributed by atoms with van der Waals surface area (Å²) in [7, 11) is 0. The number of benzene rings is 2. The van der Waals surface area contributed by atoms with E-state index in [1.54, 1.807) is 11.0 Å². The first-order chi connectivity index (χ1) is 12.5. The zero-order valence-electron chi connectivity index (χ0n) is 15.3. The van der Waals surface area contributed by atoms with Gasteiger partial charge < -0.3 is 15.1 Å². The van der Waals surface area contributed by atoms with E-state index in [1.165, 1.54) is 5.69 Å². The molecule has 2 aromatic rings. The Kier molecular flexibility index (Phi) is 4.41. The Bertz CT molecular complexity index is 826. The summed E-state index contributed by atoms with van der Waals surface area (Å²) in [6, 6.07) is 11.6. The van der Waals surface area contributed by atoms with Gasteiger partial charge in [-0.05, 0) is 49.2 Å². The number of amides is 1. The molecule has 1 amide bonds. The molecule has 2 aromatic carbocycles. The van der Waals surface area contributed by atoms with Crippen molar-refractivity contribution in [2.24, 2.45) is 0 Å². The highest BCUT2D eigenvalue weighted by molar-refractivity contribution is 5.99. The monoisotopic (exact) mass is 353 g/mol. The quantitative estimate of drug-likeness (QED) is 0.920. The highest BCUT2D eigenvalue weighted by atomic mass is 19.1. The molecule has 0 unspecified atom stereocenters. The van der Waals surface area contributed by atoms with Gasteiger partial charge in [0.1, 0.15) is 5.82 Å². The van der Waals surface area contributed by atoms with Gasteiger partial charge in [0, 0.05) is 55.6 Å². The van der Waals surface area contributed by atoms with Crippen molar-refractivity contribution in [2.45, 2.75) is 26.4 Å². The van der Waals surface area contributed by atoms with Crippen LogP contribution in [0.1, 0.15) is 29.8 Å². The van der Waals surface area contributed by atoms with Crippen LogP contribution in [0.5, 0.6) is 0 Å². The maximum Gasteiger partial charge on any atom is 0.254 e. The average Bonchev–Trinajstić information content (AvgIpc) is 3.00. The van der Waals surface area contributed by atoms with E-state index in [0.717, 1.165) is 37.3 Å². The molecule has 4 nitrogen and oxygen atoms in total. The fourth-order valence-corrected chi connectivity index (χ4v) is 3.76. The highest BCUT2D eigenvalue weighted by Gasteiger charge is 2.32. The van der Waals surface area contributed by atoms with Crippen LogP contribution in [0.15, 0.2) is 36.4 Å². The van der Waals surface area contributed by atoms with Crippen molar-refractivity contribution in [3.05, 3.63) is 53.3 Å². The second kappa shape index (κ2) is 6.72. The number of anilines is 1. The fraction of sp³-hybridized carbons (Fsp3) is 0.381. The topological polar surface area (TPSA) is 35.6 Å². The summed E-state index contributed by atoms with van der Waals surface area (Å²) in [5, 5.41) is 3.35. The molecule has 0 saturated carbocycles. The lowest BCUT2D eigenvalue weighted by atomic mass is 9.99. The summed E-state index contributed by atoms with van der Waals surface area (Å²) in [6.07, 6.45) is 0. The minimum atomic E-state index is -0.291. The molecular weight excluding hydrogens is 329 g/mol. The maximum atomic E-state index is 14.6. The summed E-state index contributed by atoms with van der Waals surface area (Å²) in [6.45, 7) is 8.24. The molecule has 0 bridgehead atoms. The largest absolute Gasteiger partial charge is 0.369 e. The second-order valence-corrected chi connectivity index (χ2v) is 7.29. The van der Waals surface area contributed by atoms with Crippen LogP contribution in [-0.2, 0) is 6.54 Å². The number of fused-ring (bicyclic) bond motifs is 1. The zero-order chi connectivity index (χ0) is 18.3. The number of nitrogens with one attached hydrogen (secondary N) is 1. The first-order valence-corrected chi connectivity index (χ1v) is 9.24. The standard InChI is InChI=1S/C21H24FN3O/c1-14(2)25-13-19-18(21(25)26)11-16(12-20(19)22)15-3-5-17(6-4-15)24-9-7-23-8-10-24/h3-6,11-12,14,23H,7-10,13H2,1-2H3. The van der Waals surface area contributed by atoms with Crippen LogP contribution in [0, 0.1) is 5.82 Å². The van der Waals surface area contributed by atoms with Gasteiger partial charge in [0.2, 0.25) is 0 Å². The second-order valence-electron chi connectivity index (χ2n) is 7.29. The molecule has 0 aliphatic carbocycles. The predicted octanol–water partition coefficient (Wildman–Crippen LogP) is 3.27. The Hall–Kier alpha value is -2.40. The third-order valence-corrected chi connectivity index (χ3v) is 5.32. The summed E-state index contributed by atoms with van der Waals surface area (Å²) in [5.74, 6) is -0.367. The molecule has 0 spiro atoms. The average molecular weight is 353 g/mol.